The monoisotopic (exact) mass is 371 g/mol. The number of carbonyl (C=O) groups excluding carboxylic acids is 1. The number of fused-ring (bicyclic) bond motifs is 2. The van der Waals surface area contributed by atoms with Crippen LogP contribution in [0.2, 0.25) is 0 Å². The van der Waals surface area contributed by atoms with Crippen LogP contribution in [0, 0.1) is 5.82 Å². The minimum Gasteiger partial charge on any atom is -0.465 e. The first-order chi connectivity index (χ1) is 12.5. The molecule has 0 fully saturated rings. The maximum absolute atomic E-state index is 13.7. The zero-order valence-electron chi connectivity index (χ0n) is 13.9. The third-order valence-electron chi connectivity index (χ3n) is 4.73. The molecule has 1 aromatic carbocycles. The maximum atomic E-state index is 13.7. The molecular weight excluding hydrogens is 357 g/mol. The molecule has 0 amide bonds. The van der Waals surface area contributed by atoms with Gasteiger partial charge in [0.15, 0.2) is 5.84 Å². The van der Waals surface area contributed by atoms with E-state index in [9.17, 15) is 9.18 Å². The topological polar surface area (TPSA) is 63.6 Å². The Bertz CT molecular complexity index is 959. The lowest BCUT2D eigenvalue weighted by Gasteiger charge is -2.33. The summed E-state index contributed by atoms with van der Waals surface area (Å²) in [6, 6.07) is 9.94. The molecule has 132 valence electrons. The minimum atomic E-state index is -1.02. The van der Waals surface area contributed by atoms with Gasteiger partial charge in [-0.2, -0.15) is 0 Å². The molecule has 0 bridgehead atoms. The third-order valence-corrected chi connectivity index (χ3v) is 5.01. The number of amidine groups is 1. The average molecular weight is 372 g/mol. The number of nitrogens with zero attached hydrogens (tertiary/aromatic N) is 2. The number of rotatable bonds is 2. The van der Waals surface area contributed by atoms with Crippen molar-refractivity contribution in [1.82, 2.24) is 10.3 Å². The van der Waals surface area contributed by atoms with Gasteiger partial charge in [0.05, 0.1) is 7.11 Å². The molecule has 1 aliphatic heterocycles. The van der Waals surface area contributed by atoms with E-state index >= 15 is 0 Å². The van der Waals surface area contributed by atoms with E-state index in [0.29, 0.717) is 24.4 Å². The molecule has 1 spiro atoms. The van der Waals surface area contributed by atoms with Crippen LogP contribution in [0.5, 0.6) is 0 Å². The fourth-order valence-electron chi connectivity index (χ4n) is 3.61. The summed E-state index contributed by atoms with van der Waals surface area (Å²) in [6.45, 7) is 0. The number of pyridine rings is 1. The first-order valence-electron chi connectivity index (χ1n) is 8.11. The van der Waals surface area contributed by atoms with Crippen molar-refractivity contribution in [2.45, 2.75) is 18.4 Å². The summed E-state index contributed by atoms with van der Waals surface area (Å²) in [5.74, 6) is -0.428. The molecule has 0 saturated heterocycles. The van der Waals surface area contributed by atoms with Crippen LogP contribution in [-0.4, -0.2) is 23.9 Å². The van der Waals surface area contributed by atoms with Gasteiger partial charge in [-0.1, -0.05) is 23.7 Å². The van der Waals surface area contributed by atoms with Crippen molar-refractivity contribution < 1.29 is 13.9 Å². The highest BCUT2D eigenvalue weighted by molar-refractivity contribution is 6.33. The van der Waals surface area contributed by atoms with E-state index in [1.54, 1.807) is 24.4 Å². The van der Waals surface area contributed by atoms with E-state index in [-0.39, 0.29) is 16.5 Å². The van der Waals surface area contributed by atoms with Crippen LogP contribution in [0.15, 0.2) is 58.3 Å². The molecule has 2 heterocycles. The number of nitrogens with one attached hydrogen (secondary N) is 1. The van der Waals surface area contributed by atoms with Crippen molar-refractivity contribution >= 4 is 23.4 Å². The van der Waals surface area contributed by atoms with Crippen LogP contribution < -0.4 is 5.32 Å². The van der Waals surface area contributed by atoms with Crippen molar-refractivity contribution in [1.29, 1.82) is 0 Å². The van der Waals surface area contributed by atoms with E-state index in [1.165, 1.54) is 19.2 Å². The fourth-order valence-corrected chi connectivity index (χ4v) is 3.93. The molecule has 1 unspecified atom stereocenters. The van der Waals surface area contributed by atoms with Crippen LogP contribution in [0.4, 0.5) is 4.39 Å². The Morgan fingerprint density at radius 1 is 1.35 bits per heavy atom. The van der Waals surface area contributed by atoms with Crippen molar-refractivity contribution in [3.63, 3.8) is 0 Å². The fraction of sp³-hybridized carbons (Fsp3) is 0.211. The Morgan fingerprint density at radius 3 is 2.92 bits per heavy atom. The number of methoxy groups -OCH3 is 1. The summed E-state index contributed by atoms with van der Waals surface area (Å²) in [5, 5.41) is 3.09. The standard InChI is InChI=1S/C19H15ClFN3O2/c1-26-18(25)15-16(20)23-17(14-4-2-3-9-22-14)24-19(15)8-7-11-10-12(21)5-6-13(11)19/h2-6,9-10H,7-8H2,1H3,(H,23,24). The van der Waals surface area contributed by atoms with Crippen LogP contribution in [0.25, 0.3) is 0 Å². The van der Waals surface area contributed by atoms with Gasteiger partial charge in [-0.15, -0.1) is 0 Å². The Balaban J connectivity index is 1.94. The van der Waals surface area contributed by atoms with Crippen LogP contribution in [0.1, 0.15) is 23.2 Å². The van der Waals surface area contributed by atoms with E-state index in [2.05, 4.69) is 10.3 Å². The highest BCUT2D eigenvalue weighted by Crippen LogP contribution is 2.48. The van der Waals surface area contributed by atoms with E-state index in [1.807, 2.05) is 6.07 Å². The SMILES string of the molecule is COC(=O)C1=C(Cl)NC(c2ccccn2)=NC12CCc1cc(F)ccc12. The zero-order valence-corrected chi connectivity index (χ0v) is 14.7. The number of aromatic nitrogens is 1. The number of aliphatic imine (C=N–C) groups is 1. The predicted octanol–water partition coefficient (Wildman–Crippen LogP) is 3.04. The van der Waals surface area contributed by atoms with Crippen LogP contribution in [0.3, 0.4) is 0 Å². The number of hydrogen-bond acceptors (Lipinski definition) is 5. The number of halogens is 2. The molecule has 2 aromatic rings. The van der Waals surface area contributed by atoms with Gasteiger partial charge in [-0.3, -0.25) is 4.98 Å². The molecule has 2 aliphatic rings. The minimum absolute atomic E-state index is 0.143. The van der Waals surface area contributed by atoms with Gasteiger partial charge in [0.25, 0.3) is 0 Å². The second-order valence-electron chi connectivity index (χ2n) is 6.14. The molecule has 7 heteroatoms. The number of ether oxygens (including phenoxy) is 1. The number of aryl methyl sites for hydroxylation is 1. The van der Waals surface area contributed by atoms with Gasteiger partial charge in [-0.25, -0.2) is 14.2 Å². The van der Waals surface area contributed by atoms with Gasteiger partial charge >= 0.3 is 5.97 Å². The van der Waals surface area contributed by atoms with Gasteiger partial charge < -0.3 is 10.1 Å². The first-order valence-corrected chi connectivity index (χ1v) is 8.49. The van der Waals surface area contributed by atoms with Gasteiger partial charge in [-0.05, 0) is 48.2 Å². The molecule has 0 radical (unpaired) electrons. The molecule has 0 saturated carbocycles. The Hall–Kier alpha value is -2.73. The highest BCUT2D eigenvalue weighted by Gasteiger charge is 2.49. The number of carbonyl (C=O) groups is 1. The quantitative estimate of drug-likeness (QED) is 0.651. The number of hydrogen-bond donors (Lipinski definition) is 1. The summed E-state index contributed by atoms with van der Waals surface area (Å²) >= 11 is 6.45. The van der Waals surface area contributed by atoms with Crippen molar-refractivity contribution in [2.75, 3.05) is 7.11 Å². The van der Waals surface area contributed by atoms with Crippen LogP contribution in [-0.2, 0) is 21.5 Å². The molecule has 26 heavy (non-hydrogen) atoms. The van der Waals surface area contributed by atoms with Gasteiger partial charge in [0.2, 0.25) is 0 Å². The Kier molecular flexibility index (Phi) is 4.00. The van der Waals surface area contributed by atoms with Crippen molar-refractivity contribution in [3.05, 3.63) is 76.0 Å². The molecule has 1 atom stereocenters. The summed E-state index contributed by atoms with van der Waals surface area (Å²) < 4.78 is 18.6. The summed E-state index contributed by atoms with van der Waals surface area (Å²) in [4.78, 5) is 21.6. The molecule has 1 N–H and O–H groups in total. The maximum Gasteiger partial charge on any atom is 0.339 e. The van der Waals surface area contributed by atoms with Gasteiger partial charge in [0.1, 0.15) is 27.8 Å². The normalized spacial score (nSPS) is 21.3. The molecule has 4 rings (SSSR count). The van der Waals surface area contributed by atoms with Crippen molar-refractivity contribution in [2.24, 2.45) is 4.99 Å². The Morgan fingerprint density at radius 2 is 2.19 bits per heavy atom. The van der Waals surface area contributed by atoms with Gasteiger partial charge in [0, 0.05) is 6.20 Å². The lowest BCUT2D eigenvalue weighted by Crippen LogP contribution is -2.41. The number of esters is 1. The average Bonchev–Trinajstić information content (AvgIpc) is 2.99. The van der Waals surface area contributed by atoms with Crippen LogP contribution >= 0.6 is 11.6 Å². The summed E-state index contributed by atoms with van der Waals surface area (Å²) in [5.41, 5.74) is 1.37. The zero-order chi connectivity index (χ0) is 18.3. The highest BCUT2D eigenvalue weighted by atomic mass is 35.5. The molecular formula is C19H15ClFN3O2. The second-order valence-corrected chi connectivity index (χ2v) is 6.52. The molecule has 1 aliphatic carbocycles. The lowest BCUT2D eigenvalue weighted by molar-refractivity contribution is -0.137. The van der Waals surface area contributed by atoms with E-state index in [4.69, 9.17) is 21.3 Å². The van der Waals surface area contributed by atoms with E-state index < -0.39 is 11.5 Å². The Labute approximate surface area is 154 Å². The summed E-state index contributed by atoms with van der Waals surface area (Å²) in [6.07, 6.45) is 2.72. The summed E-state index contributed by atoms with van der Waals surface area (Å²) in [7, 11) is 1.30. The molecule has 1 aromatic heterocycles. The number of benzene rings is 1. The second kappa shape index (κ2) is 6.21. The lowest BCUT2D eigenvalue weighted by atomic mass is 9.83. The van der Waals surface area contributed by atoms with Crippen molar-refractivity contribution in [3.8, 4) is 0 Å². The smallest absolute Gasteiger partial charge is 0.339 e. The van der Waals surface area contributed by atoms with E-state index in [0.717, 1.165) is 11.1 Å². The largest absolute Gasteiger partial charge is 0.465 e. The molecule has 5 nitrogen and oxygen atoms in total. The first kappa shape index (κ1) is 16.7. The third kappa shape index (κ3) is 2.49. The predicted molar refractivity (Wildman–Crippen MR) is 95.2 cm³/mol.